The summed E-state index contributed by atoms with van der Waals surface area (Å²) in [4.78, 5) is 2.36. The van der Waals surface area contributed by atoms with E-state index in [0.717, 1.165) is 50.1 Å². The van der Waals surface area contributed by atoms with Crippen molar-refractivity contribution in [3.63, 3.8) is 0 Å². The molecular formula is C46H29NOS. The zero-order chi connectivity index (χ0) is 32.3. The van der Waals surface area contributed by atoms with Gasteiger partial charge in [0.15, 0.2) is 5.58 Å². The molecule has 2 heterocycles. The number of benzene rings is 8. The van der Waals surface area contributed by atoms with Gasteiger partial charge in [-0.2, -0.15) is 0 Å². The first-order chi connectivity index (χ1) is 24.3. The molecule has 0 aliphatic carbocycles. The van der Waals surface area contributed by atoms with Crippen molar-refractivity contribution in [2.24, 2.45) is 0 Å². The minimum Gasteiger partial charge on any atom is -0.453 e. The van der Waals surface area contributed by atoms with Crippen LogP contribution in [0.1, 0.15) is 0 Å². The van der Waals surface area contributed by atoms with Crippen molar-refractivity contribution in [3.05, 3.63) is 176 Å². The lowest BCUT2D eigenvalue weighted by molar-refractivity contribution is 0.670. The van der Waals surface area contributed by atoms with Gasteiger partial charge in [-0.1, -0.05) is 127 Å². The van der Waals surface area contributed by atoms with Crippen LogP contribution >= 0.6 is 11.3 Å². The molecule has 8 aromatic carbocycles. The van der Waals surface area contributed by atoms with Crippen molar-refractivity contribution in [1.82, 2.24) is 0 Å². The number of hydrogen-bond donors (Lipinski definition) is 0. The summed E-state index contributed by atoms with van der Waals surface area (Å²) in [6.45, 7) is 0. The van der Waals surface area contributed by atoms with Crippen molar-refractivity contribution in [1.29, 1.82) is 0 Å². The van der Waals surface area contributed by atoms with Crippen molar-refractivity contribution in [2.45, 2.75) is 0 Å². The first-order valence-corrected chi connectivity index (χ1v) is 17.4. The van der Waals surface area contributed by atoms with Crippen molar-refractivity contribution in [2.75, 3.05) is 4.90 Å². The second-order valence-electron chi connectivity index (χ2n) is 12.5. The van der Waals surface area contributed by atoms with E-state index in [1.807, 2.05) is 11.3 Å². The van der Waals surface area contributed by atoms with Crippen LogP contribution in [0, 0.1) is 0 Å². The summed E-state index contributed by atoms with van der Waals surface area (Å²) in [7, 11) is 0. The number of para-hydroxylation sites is 1. The summed E-state index contributed by atoms with van der Waals surface area (Å²) in [5.41, 5.74) is 9.56. The summed E-state index contributed by atoms with van der Waals surface area (Å²) in [6.07, 6.45) is 0. The minimum atomic E-state index is 0.869. The van der Waals surface area contributed by atoms with E-state index >= 15 is 0 Å². The molecule has 0 radical (unpaired) electrons. The molecule has 0 spiro atoms. The predicted molar refractivity (Wildman–Crippen MR) is 210 cm³/mol. The van der Waals surface area contributed by atoms with Gasteiger partial charge in [0.25, 0.3) is 0 Å². The molecule has 2 aromatic heterocycles. The van der Waals surface area contributed by atoms with E-state index in [4.69, 9.17) is 4.42 Å². The number of thiophene rings is 1. The Balaban J connectivity index is 1.25. The number of nitrogens with zero attached hydrogens (tertiary/aromatic N) is 1. The Bertz CT molecular complexity index is 2810. The molecule has 3 heteroatoms. The number of anilines is 3. The van der Waals surface area contributed by atoms with Crippen LogP contribution in [0.4, 0.5) is 17.1 Å². The largest absolute Gasteiger partial charge is 0.453 e. The van der Waals surface area contributed by atoms with E-state index < -0.39 is 0 Å². The normalized spacial score (nSPS) is 11.7. The van der Waals surface area contributed by atoms with Crippen LogP contribution in [0.25, 0.3) is 75.1 Å². The Hall–Kier alpha value is -6.16. The van der Waals surface area contributed by atoms with Gasteiger partial charge in [0.2, 0.25) is 0 Å². The van der Waals surface area contributed by atoms with E-state index in [1.165, 1.54) is 42.1 Å². The van der Waals surface area contributed by atoms with Crippen LogP contribution in [0.15, 0.2) is 180 Å². The Morgan fingerprint density at radius 3 is 1.86 bits per heavy atom. The first-order valence-electron chi connectivity index (χ1n) is 16.6. The van der Waals surface area contributed by atoms with E-state index in [0.29, 0.717) is 0 Å². The molecule has 0 atom stereocenters. The summed E-state index contributed by atoms with van der Waals surface area (Å²) in [5.74, 6) is 0. The molecule has 0 saturated heterocycles. The monoisotopic (exact) mass is 643 g/mol. The van der Waals surface area contributed by atoms with Crippen LogP contribution < -0.4 is 4.90 Å². The molecule has 0 bridgehead atoms. The van der Waals surface area contributed by atoms with Crippen LogP contribution in [0.5, 0.6) is 0 Å². The molecule has 0 amide bonds. The van der Waals surface area contributed by atoms with Gasteiger partial charge in [-0.05, 0) is 76.0 Å². The van der Waals surface area contributed by atoms with Crippen LogP contribution in [0.2, 0.25) is 0 Å². The highest BCUT2D eigenvalue weighted by molar-refractivity contribution is 7.25. The lowest BCUT2D eigenvalue weighted by Crippen LogP contribution is -2.10. The first kappa shape index (κ1) is 27.9. The van der Waals surface area contributed by atoms with Crippen molar-refractivity contribution < 1.29 is 4.42 Å². The van der Waals surface area contributed by atoms with Gasteiger partial charge in [0.05, 0.1) is 5.69 Å². The molecule has 0 N–H and O–H groups in total. The fourth-order valence-electron chi connectivity index (χ4n) is 7.36. The molecule has 49 heavy (non-hydrogen) atoms. The van der Waals surface area contributed by atoms with Crippen molar-refractivity contribution >= 4 is 81.3 Å². The SMILES string of the molecule is c1ccc(-c2ccc(N(c3ccc4sc5ccccc5c4c3)c3cccc4c3oc3c(-c5ccccc5)cc5ccccc5c34)cc2)cc1. The minimum absolute atomic E-state index is 0.869. The maximum absolute atomic E-state index is 7.10. The number of rotatable bonds is 5. The smallest absolute Gasteiger partial charge is 0.159 e. The van der Waals surface area contributed by atoms with Gasteiger partial charge in [-0.25, -0.2) is 0 Å². The topological polar surface area (TPSA) is 16.4 Å². The highest BCUT2D eigenvalue weighted by Crippen LogP contribution is 2.47. The zero-order valence-corrected chi connectivity index (χ0v) is 27.3. The quantitative estimate of drug-likeness (QED) is 0.186. The number of hydrogen-bond acceptors (Lipinski definition) is 3. The number of furan rings is 1. The number of fused-ring (bicyclic) bond motifs is 8. The molecule has 10 rings (SSSR count). The lowest BCUT2D eigenvalue weighted by Gasteiger charge is -2.26. The molecule has 0 aliphatic heterocycles. The molecule has 0 aliphatic rings. The Kier molecular flexibility index (Phi) is 6.39. The Labute approximate surface area is 287 Å². The highest BCUT2D eigenvalue weighted by atomic mass is 32.1. The lowest BCUT2D eigenvalue weighted by atomic mass is 9.96. The third-order valence-corrected chi connectivity index (χ3v) is 10.8. The molecule has 0 fully saturated rings. The zero-order valence-electron chi connectivity index (χ0n) is 26.5. The molecule has 0 unspecified atom stereocenters. The fraction of sp³-hybridized carbons (Fsp3) is 0. The van der Waals surface area contributed by atoms with Crippen molar-refractivity contribution in [3.8, 4) is 22.3 Å². The van der Waals surface area contributed by atoms with E-state index in [-0.39, 0.29) is 0 Å². The standard InChI is InChI=1S/C46H29NOS/c1-3-12-30(13-4-1)31-22-24-34(25-23-31)47(35-26-27-43-40(29-35)37-18-9-10-21-42(37)49-43)41-20-11-19-38-44-36-17-8-7-16-33(36)28-39(46(44)48-45(38)41)32-14-5-2-6-15-32/h1-29H. The summed E-state index contributed by atoms with van der Waals surface area (Å²) in [6, 6.07) is 63.0. The Morgan fingerprint density at radius 2 is 1.04 bits per heavy atom. The van der Waals surface area contributed by atoms with Gasteiger partial charge in [-0.3, -0.25) is 0 Å². The van der Waals surface area contributed by atoms with E-state index in [1.54, 1.807) is 0 Å². The second kappa shape index (κ2) is 11.2. The molecule has 10 aromatic rings. The fourth-order valence-corrected chi connectivity index (χ4v) is 8.44. The summed E-state index contributed by atoms with van der Waals surface area (Å²) < 4.78 is 9.68. The van der Waals surface area contributed by atoms with Crippen LogP contribution in [-0.4, -0.2) is 0 Å². The Morgan fingerprint density at radius 1 is 0.408 bits per heavy atom. The summed E-state index contributed by atoms with van der Waals surface area (Å²) >= 11 is 1.84. The van der Waals surface area contributed by atoms with Crippen LogP contribution in [-0.2, 0) is 0 Å². The molecule has 230 valence electrons. The summed E-state index contributed by atoms with van der Waals surface area (Å²) in [5, 5.41) is 7.19. The predicted octanol–water partition coefficient (Wildman–Crippen LogP) is 13.9. The third-order valence-electron chi connectivity index (χ3n) is 9.65. The maximum atomic E-state index is 7.10. The van der Waals surface area contributed by atoms with Gasteiger partial charge >= 0.3 is 0 Å². The average molecular weight is 644 g/mol. The molecular weight excluding hydrogens is 615 g/mol. The van der Waals surface area contributed by atoms with E-state index in [2.05, 4.69) is 181 Å². The van der Waals surface area contributed by atoms with Gasteiger partial charge in [0, 0.05) is 47.9 Å². The maximum Gasteiger partial charge on any atom is 0.159 e. The van der Waals surface area contributed by atoms with E-state index in [9.17, 15) is 0 Å². The molecule has 2 nitrogen and oxygen atoms in total. The molecule has 0 saturated carbocycles. The third kappa shape index (κ3) is 4.55. The van der Waals surface area contributed by atoms with Gasteiger partial charge in [0.1, 0.15) is 5.58 Å². The van der Waals surface area contributed by atoms with Gasteiger partial charge < -0.3 is 9.32 Å². The highest BCUT2D eigenvalue weighted by Gasteiger charge is 2.23. The second-order valence-corrected chi connectivity index (χ2v) is 13.6. The average Bonchev–Trinajstić information content (AvgIpc) is 3.75. The van der Waals surface area contributed by atoms with Crippen LogP contribution in [0.3, 0.4) is 0 Å². The van der Waals surface area contributed by atoms with Gasteiger partial charge in [-0.15, -0.1) is 11.3 Å².